The Morgan fingerprint density at radius 1 is 0.878 bits per heavy atom. The molecule has 7 nitrogen and oxygen atoms in total. The molecule has 0 amide bonds. The van der Waals surface area contributed by atoms with Crippen LogP contribution in [0.1, 0.15) is 147 Å². The lowest BCUT2D eigenvalue weighted by molar-refractivity contribution is -0.267. The van der Waals surface area contributed by atoms with Crippen LogP contribution in [0.4, 0.5) is 0 Å². The predicted octanol–water partition coefficient (Wildman–Crippen LogP) is 9.01. The smallest absolute Gasteiger partial charge is 0.303 e. The van der Waals surface area contributed by atoms with E-state index in [2.05, 4.69) is 55.4 Å². The number of carbonyl (C=O) groups excluding carboxylic acids is 3. The summed E-state index contributed by atoms with van der Waals surface area (Å²) in [6.45, 7) is 25.0. The van der Waals surface area contributed by atoms with Crippen LogP contribution in [-0.2, 0) is 33.3 Å². The molecule has 0 radical (unpaired) electrons. The zero-order valence-corrected chi connectivity index (χ0v) is 32.5. The first-order chi connectivity index (χ1) is 22.8. The molecular formula is C42H66O7. The zero-order chi connectivity index (χ0) is 35.9. The standard InChI is InChI=1S/C42H66O7/c1-12-30-37(48-27(6)44)31(47-26(5)43)21-34(49-30)46-23-42-20-19-40(10)28(36(42)35(24(2)3)29(45)22-42)13-14-33-39(9)17-15-25(4)38(7,8)32(39)16-18-41(33,40)11/h24-25,28,30-34,37H,12-23H2,1-11H3/t25-,28?,30?,31?,32?,33?,34?,37?,39-,40+,41+,42-/m0/s1. The van der Waals surface area contributed by atoms with Gasteiger partial charge in [0.25, 0.3) is 0 Å². The fourth-order valence-electron chi connectivity index (χ4n) is 13.3. The molecule has 1 saturated heterocycles. The lowest BCUT2D eigenvalue weighted by Gasteiger charge is -2.72. The van der Waals surface area contributed by atoms with E-state index < -0.39 is 36.5 Å². The first-order valence-electron chi connectivity index (χ1n) is 19.7. The van der Waals surface area contributed by atoms with Gasteiger partial charge in [-0.25, -0.2) is 0 Å². The number of Topliss-reactive ketones (excluding diaryl/α,β-unsaturated/α-hetero) is 1. The second-order valence-electron chi connectivity index (χ2n) is 19.0. The molecule has 7 unspecified atom stereocenters. The second kappa shape index (κ2) is 12.7. The number of allylic oxidation sites excluding steroid dienone is 1. The van der Waals surface area contributed by atoms with Crippen LogP contribution in [0.2, 0.25) is 0 Å². The van der Waals surface area contributed by atoms with E-state index in [0.29, 0.717) is 47.9 Å². The molecule has 5 fully saturated rings. The van der Waals surface area contributed by atoms with E-state index in [1.807, 2.05) is 6.92 Å². The lowest BCUT2D eigenvalue weighted by atomic mass is 9.32. The van der Waals surface area contributed by atoms with Gasteiger partial charge in [-0.2, -0.15) is 0 Å². The Balaban J connectivity index is 1.30. The van der Waals surface area contributed by atoms with Crippen molar-refractivity contribution < 1.29 is 33.3 Å². The first kappa shape index (κ1) is 37.0. The van der Waals surface area contributed by atoms with Crippen molar-refractivity contribution in [2.24, 2.45) is 56.7 Å². The quantitative estimate of drug-likeness (QED) is 0.248. The van der Waals surface area contributed by atoms with E-state index >= 15 is 0 Å². The molecule has 1 aliphatic heterocycles. The molecule has 1 heterocycles. The molecule has 0 N–H and O–H groups in total. The largest absolute Gasteiger partial charge is 0.458 e. The molecule has 0 bridgehead atoms. The number of fused-ring (bicyclic) bond motifs is 7. The van der Waals surface area contributed by atoms with Gasteiger partial charge in [-0.15, -0.1) is 0 Å². The first-order valence-corrected chi connectivity index (χ1v) is 19.7. The molecule has 0 aromatic heterocycles. The average molecular weight is 683 g/mol. The number of hydrogen-bond donors (Lipinski definition) is 0. The fourth-order valence-corrected chi connectivity index (χ4v) is 13.3. The number of rotatable bonds is 7. The molecule has 5 aliphatic carbocycles. The summed E-state index contributed by atoms with van der Waals surface area (Å²) < 4.78 is 24.4. The SMILES string of the molecule is CCC1OC(OC[C@@]23CC[C@]4(C)C(CCC5[C@@]6(C)CC[C@H](C)C(C)(C)C6CC[C@]54C)C2=C(C(C)C)C(=O)C3)CC(OC(C)=O)C1OC(C)=O. The summed E-state index contributed by atoms with van der Waals surface area (Å²) in [6.07, 6.45) is 8.63. The van der Waals surface area contributed by atoms with Gasteiger partial charge in [-0.3, -0.25) is 14.4 Å². The molecule has 49 heavy (non-hydrogen) atoms. The molecule has 6 aliphatic rings. The third-order valence-electron chi connectivity index (χ3n) is 16.2. The Kier molecular flexibility index (Phi) is 9.63. The van der Waals surface area contributed by atoms with E-state index in [9.17, 15) is 14.4 Å². The number of esters is 2. The van der Waals surface area contributed by atoms with E-state index in [4.69, 9.17) is 18.9 Å². The number of ketones is 1. The zero-order valence-electron chi connectivity index (χ0n) is 32.5. The van der Waals surface area contributed by atoms with Gasteiger partial charge in [-0.1, -0.05) is 67.9 Å². The molecule has 7 heteroatoms. The van der Waals surface area contributed by atoms with Gasteiger partial charge < -0.3 is 18.9 Å². The summed E-state index contributed by atoms with van der Waals surface area (Å²) in [5.74, 6) is 2.19. The highest BCUT2D eigenvalue weighted by atomic mass is 16.7. The number of ether oxygens (including phenoxy) is 4. The summed E-state index contributed by atoms with van der Waals surface area (Å²) in [4.78, 5) is 38.1. The number of carbonyl (C=O) groups is 3. The van der Waals surface area contributed by atoms with E-state index in [0.717, 1.165) is 36.7 Å². The van der Waals surface area contributed by atoms with E-state index in [1.54, 1.807) is 0 Å². The van der Waals surface area contributed by atoms with Crippen LogP contribution in [0, 0.1) is 56.7 Å². The molecule has 4 saturated carbocycles. The highest BCUT2D eigenvalue weighted by Gasteiger charge is 2.69. The second-order valence-corrected chi connectivity index (χ2v) is 19.0. The Hall–Kier alpha value is -1.73. The van der Waals surface area contributed by atoms with Crippen molar-refractivity contribution in [3.8, 4) is 0 Å². The van der Waals surface area contributed by atoms with Crippen LogP contribution in [0.3, 0.4) is 0 Å². The van der Waals surface area contributed by atoms with Crippen molar-refractivity contribution in [3.63, 3.8) is 0 Å². The van der Waals surface area contributed by atoms with Crippen LogP contribution in [0.15, 0.2) is 11.1 Å². The highest BCUT2D eigenvalue weighted by molar-refractivity contribution is 6.00. The molecular weight excluding hydrogens is 616 g/mol. The third-order valence-corrected chi connectivity index (χ3v) is 16.2. The van der Waals surface area contributed by atoms with Crippen molar-refractivity contribution in [1.29, 1.82) is 0 Å². The Morgan fingerprint density at radius 2 is 1.57 bits per heavy atom. The average Bonchev–Trinajstić information content (AvgIpc) is 3.31. The molecule has 6 rings (SSSR count). The van der Waals surface area contributed by atoms with Gasteiger partial charge in [-0.05, 0) is 115 Å². The van der Waals surface area contributed by atoms with E-state index in [1.165, 1.54) is 51.5 Å². The maximum atomic E-state index is 14.1. The van der Waals surface area contributed by atoms with Gasteiger partial charge in [0.15, 0.2) is 18.2 Å². The monoisotopic (exact) mass is 682 g/mol. The molecule has 0 aromatic carbocycles. The normalized spacial score (nSPS) is 46.0. The van der Waals surface area contributed by atoms with Gasteiger partial charge in [0.2, 0.25) is 0 Å². The van der Waals surface area contributed by atoms with Crippen molar-refractivity contribution in [1.82, 2.24) is 0 Å². The van der Waals surface area contributed by atoms with Crippen LogP contribution in [-0.4, -0.2) is 48.9 Å². The van der Waals surface area contributed by atoms with Crippen LogP contribution in [0.25, 0.3) is 0 Å². The minimum Gasteiger partial charge on any atom is -0.458 e. The minimum absolute atomic E-state index is 0.118. The third kappa shape index (κ3) is 5.69. The van der Waals surface area contributed by atoms with Crippen LogP contribution < -0.4 is 0 Å². The molecule has 0 aromatic rings. The Labute approximate surface area is 296 Å². The van der Waals surface area contributed by atoms with Crippen LogP contribution >= 0.6 is 0 Å². The number of hydrogen-bond acceptors (Lipinski definition) is 7. The molecule has 276 valence electrons. The molecule has 0 spiro atoms. The predicted molar refractivity (Wildman–Crippen MR) is 189 cm³/mol. The van der Waals surface area contributed by atoms with Gasteiger partial charge in [0.1, 0.15) is 12.2 Å². The van der Waals surface area contributed by atoms with Crippen molar-refractivity contribution >= 4 is 17.7 Å². The minimum atomic E-state index is -0.679. The van der Waals surface area contributed by atoms with E-state index in [-0.39, 0.29) is 28.6 Å². The highest BCUT2D eigenvalue weighted by Crippen LogP contribution is 2.77. The van der Waals surface area contributed by atoms with Crippen molar-refractivity contribution in [2.45, 2.75) is 171 Å². The maximum Gasteiger partial charge on any atom is 0.303 e. The van der Waals surface area contributed by atoms with Crippen molar-refractivity contribution in [2.75, 3.05) is 6.61 Å². The summed E-state index contributed by atoms with van der Waals surface area (Å²) in [6, 6.07) is 0. The van der Waals surface area contributed by atoms with Crippen LogP contribution in [0.5, 0.6) is 0 Å². The summed E-state index contributed by atoms with van der Waals surface area (Å²) in [7, 11) is 0. The summed E-state index contributed by atoms with van der Waals surface area (Å²) in [5, 5.41) is 0. The summed E-state index contributed by atoms with van der Waals surface area (Å²) in [5.41, 5.74) is 3.18. The fraction of sp³-hybridized carbons (Fsp3) is 0.881. The lowest BCUT2D eigenvalue weighted by Crippen LogP contribution is -2.65. The summed E-state index contributed by atoms with van der Waals surface area (Å²) >= 11 is 0. The van der Waals surface area contributed by atoms with Gasteiger partial charge in [0, 0.05) is 32.1 Å². The molecule has 12 atom stereocenters. The van der Waals surface area contributed by atoms with Gasteiger partial charge in [0.05, 0.1) is 6.61 Å². The Bertz CT molecular complexity index is 1360. The maximum absolute atomic E-state index is 14.1. The Morgan fingerprint density at radius 3 is 2.20 bits per heavy atom. The van der Waals surface area contributed by atoms with Gasteiger partial charge >= 0.3 is 11.9 Å². The topological polar surface area (TPSA) is 88.1 Å². The van der Waals surface area contributed by atoms with Crippen molar-refractivity contribution in [3.05, 3.63) is 11.1 Å².